The van der Waals surface area contributed by atoms with E-state index >= 15 is 0 Å². The third-order valence-corrected chi connectivity index (χ3v) is 3.52. The van der Waals surface area contributed by atoms with Crippen LogP contribution in [0.25, 0.3) is 0 Å². The van der Waals surface area contributed by atoms with Gasteiger partial charge in [0.15, 0.2) is 0 Å². The topological polar surface area (TPSA) is 40.5 Å². The number of carbonyl (C=O) groups is 1. The van der Waals surface area contributed by atoms with Gasteiger partial charge in [-0.1, -0.05) is 15.9 Å². The second kappa shape index (κ2) is 4.84. The number of benzene rings is 1. The van der Waals surface area contributed by atoms with Gasteiger partial charge in [0, 0.05) is 30.4 Å². The number of anilines is 1. The van der Waals surface area contributed by atoms with Crippen molar-refractivity contribution in [3.05, 3.63) is 28.2 Å². The normalized spacial score (nSPS) is 18.7. The third-order valence-electron chi connectivity index (χ3n) is 3.03. The Morgan fingerprint density at radius 3 is 2.50 bits per heavy atom. The SMILES string of the molecule is O=C(O)c1ccc(Br)cc1N1CCC(F)(F)CC1. The molecule has 0 spiro atoms. The van der Waals surface area contributed by atoms with Crippen LogP contribution in [0.15, 0.2) is 22.7 Å². The van der Waals surface area contributed by atoms with E-state index in [0.717, 1.165) is 4.47 Å². The van der Waals surface area contributed by atoms with Crippen LogP contribution in [0.4, 0.5) is 14.5 Å². The summed E-state index contributed by atoms with van der Waals surface area (Å²) in [4.78, 5) is 12.8. The minimum absolute atomic E-state index is 0.142. The molecule has 1 aliphatic heterocycles. The lowest BCUT2D eigenvalue weighted by Crippen LogP contribution is -2.40. The van der Waals surface area contributed by atoms with Gasteiger partial charge < -0.3 is 10.0 Å². The van der Waals surface area contributed by atoms with Crippen LogP contribution < -0.4 is 4.90 Å². The first-order valence-electron chi connectivity index (χ1n) is 5.55. The highest BCUT2D eigenvalue weighted by Crippen LogP contribution is 2.33. The van der Waals surface area contributed by atoms with Crippen molar-refractivity contribution in [1.29, 1.82) is 0 Å². The van der Waals surface area contributed by atoms with Gasteiger partial charge in [-0.2, -0.15) is 0 Å². The molecule has 1 heterocycles. The first-order valence-corrected chi connectivity index (χ1v) is 6.34. The summed E-state index contributed by atoms with van der Waals surface area (Å²) in [6.45, 7) is 0.341. The molecule has 2 rings (SSSR count). The molecule has 98 valence electrons. The fraction of sp³-hybridized carbons (Fsp3) is 0.417. The minimum atomic E-state index is -2.63. The van der Waals surface area contributed by atoms with Crippen molar-refractivity contribution in [2.24, 2.45) is 0 Å². The number of piperidine rings is 1. The molecule has 0 bridgehead atoms. The van der Waals surface area contributed by atoms with Crippen LogP contribution >= 0.6 is 15.9 Å². The van der Waals surface area contributed by atoms with E-state index in [0.29, 0.717) is 5.69 Å². The molecular formula is C12H12BrF2NO2. The van der Waals surface area contributed by atoms with Crippen molar-refractivity contribution in [3.63, 3.8) is 0 Å². The average Bonchev–Trinajstić information content (AvgIpc) is 2.28. The van der Waals surface area contributed by atoms with E-state index in [1.54, 1.807) is 17.0 Å². The highest BCUT2D eigenvalue weighted by atomic mass is 79.9. The molecule has 0 unspecified atom stereocenters. The molecule has 18 heavy (non-hydrogen) atoms. The highest BCUT2D eigenvalue weighted by molar-refractivity contribution is 9.10. The summed E-state index contributed by atoms with van der Waals surface area (Å²) in [5.74, 6) is -3.68. The number of carboxylic acids is 1. The number of alkyl halides is 2. The lowest BCUT2D eigenvalue weighted by atomic mass is 10.0. The Bertz CT molecular complexity index is 469. The highest BCUT2D eigenvalue weighted by Gasteiger charge is 2.34. The van der Waals surface area contributed by atoms with Gasteiger partial charge in [-0.15, -0.1) is 0 Å². The number of nitrogens with zero attached hydrogens (tertiary/aromatic N) is 1. The van der Waals surface area contributed by atoms with Crippen molar-refractivity contribution in [2.45, 2.75) is 18.8 Å². The van der Waals surface area contributed by atoms with Crippen molar-refractivity contribution in [1.82, 2.24) is 0 Å². The summed E-state index contributed by atoms with van der Waals surface area (Å²) < 4.78 is 26.9. The summed E-state index contributed by atoms with van der Waals surface area (Å²) in [6.07, 6.45) is -0.475. The Kier molecular flexibility index (Phi) is 3.56. The Labute approximate surface area is 112 Å². The van der Waals surface area contributed by atoms with Gasteiger partial charge in [-0.3, -0.25) is 0 Å². The molecule has 1 fully saturated rings. The Balaban J connectivity index is 2.28. The van der Waals surface area contributed by atoms with E-state index in [2.05, 4.69) is 15.9 Å². The van der Waals surface area contributed by atoms with E-state index in [-0.39, 0.29) is 31.5 Å². The third kappa shape index (κ3) is 2.80. The number of hydrogen-bond acceptors (Lipinski definition) is 2. The van der Waals surface area contributed by atoms with E-state index in [1.165, 1.54) is 6.07 Å². The van der Waals surface area contributed by atoms with Gasteiger partial charge in [-0.25, -0.2) is 13.6 Å². The maximum absolute atomic E-state index is 13.1. The van der Waals surface area contributed by atoms with Gasteiger partial charge >= 0.3 is 5.97 Å². The van der Waals surface area contributed by atoms with E-state index in [1.807, 2.05) is 0 Å². The van der Waals surface area contributed by atoms with Gasteiger partial charge in [0.2, 0.25) is 0 Å². The summed E-state index contributed by atoms with van der Waals surface area (Å²) in [5, 5.41) is 9.10. The van der Waals surface area contributed by atoms with Gasteiger partial charge in [-0.05, 0) is 18.2 Å². The maximum atomic E-state index is 13.1. The molecular weight excluding hydrogens is 308 g/mol. The minimum Gasteiger partial charge on any atom is -0.478 e. The predicted molar refractivity (Wildman–Crippen MR) is 67.5 cm³/mol. The molecule has 0 amide bonds. The van der Waals surface area contributed by atoms with E-state index in [4.69, 9.17) is 5.11 Å². The number of rotatable bonds is 2. The van der Waals surface area contributed by atoms with Crippen molar-refractivity contribution in [3.8, 4) is 0 Å². The first kappa shape index (κ1) is 13.3. The molecule has 1 aromatic carbocycles. The Hall–Kier alpha value is -1.17. The zero-order valence-electron chi connectivity index (χ0n) is 9.50. The van der Waals surface area contributed by atoms with Gasteiger partial charge in [0.05, 0.1) is 11.3 Å². The molecule has 0 aliphatic carbocycles. The molecule has 0 atom stereocenters. The predicted octanol–water partition coefficient (Wildman–Crippen LogP) is 3.38. The van der Waals surface area contributed by atoms with Crippen LogP contribution in [0.2, 0.25) is 0 Å². The molecule has 1 aromatic rings. The molecule has 0 aromatic heterocycles. The smallest absolute Gasteiger partial charge is 0.337 e. The van der Waals surface area contributed by atoms with Gasteiger partial charge in [0.1, 0.15) is 0 Å². The first-order chi connectivity index (χ1) is 8.39. The zero-order chi connectivity index (χ0) is 13.3. The van der Waals surface area contributed by atoms with Crippen LogP contribution in [-0.2, 0) is 0 Å². The second-order valence-corrected chi connectivity index (χ2v) is 5.23. The average molecular weight is 320 g/mol. The molecule has 1 saturated heterocycles. The van der Waals surface area contributed by atoms with Crippen LogP contribution in [0.1, 0.15) is 23.2 Å². The maximum Gasteiger partial charge on any atom is 0.337 e. The second-order valence-electron chi connectivity index (χ2n) is 4.31. The van der Waals surface area contributed by atoms with Gasteiger partial charge in [0.25, 0.3) is 5.92 Å². The standard InChI is InChI=1S/C12H12BrF2NO2/c13-8-1-2-9(11(17)18)10(7-8)16-5-3-12(14,15)4-6-16/h1-2,7H,3-6H2,(H,17,18). The van der Waals surface area contributed by atoms with Crippen LogP contribution in [0.3, 0.4) is 0 Å². The monoisotopic (exact) mass is 319 g/mol. The molecule has 6 heteroatoms. The summed E-state index contributed by atoms with van der Waals surface area (Å²) in [5.41, 5.74) is 0.635. The molecule has 0 saturated carbocycles. The number of carboxylic acid groups (broad SMARTS) is 1. The summed E-state index contributed by atoms with van der Waals surface area (Å²) in [7, 11) is 0. The number of halogens is 3. The Morgan fingerprint density at radius 1 is 1.33 bits per heavy atom. The molecule has 0 radical (unpaired) electrons. The lowest BCUT2D eigenvalue weighted by molar-refractivity contribution is -0.0220. The molecule has 1 N–H and O–H groups in total. The van der Waals surface area contributed by atoms with E-state index in [9.17, 15) is 13.6 Å². The quantitative estimate of drug-likeness (QED) is 0.908. The lowest BCUT2D eigenvalue weighted by Gasteiger charge is -2.34. The summed E-state index contributed by atoms with van der Waals surface area (Å²) in [6, 6.07) is 4.77. The van der Waals surface area contributed by atoms with Crippen molar-refractivity contribution >= 4 is 27.6 Å². The van der Waals surface area contributed by atoms with Crippen molar-refractivity contribution in [2.75, 3.05) is 18.0 Å². The molecule has 1 aliphatic rings. The number of aromatic carboxylic acids is 1. The van der Waals surface area contributed by atoms with Crippen LogP contribution in [-0.4, -0.2) is 30.1 Å². The summed E-state index contributed by atoms with van der Waals surface area (Å²) >= 11 is 3.27. The van der Waals surface area contributed by atoms with Crippen LogP contribution in [0.5, 0.6) is 0 Å². The fourth-order valence-corrected chi connectivity index (χ4v) is 2.37. The fourth-order valence-electron chi connectivity index (χ4n) is 2.02. The Morgan fingerprint density at radius 2 is 1.94 bits per heavy atom. The molecule has 3 nitrogen and oxygen atoms in total. The van der Waals surface area contributed by atoms with Crippen LogP contribution in [0, 0.1) is 0 Å². The van der Waals surface area contributed by atoms with Crippen molar-refractivity contribution < 1.29 is 18.7 Å². The zero-order valence-corrected chi connectivity index (χ0v) is 11.1. The van der Waals surface area contributed by atoms with E-state index < -0.39 is 11.9 Å². The number of hydrogen-bond donors (Lipinski definition) is 1. The largest absolute Gasteiger partial charge is 0.478 e.